The van der Waals surface area contributed by atoms with Crippen molar-refractivity contribution in [1.29, 1.82) is 0 Å². The minimum Gasteiger partial charge on any atom is -0.408 e. The first-order valence-electron chi connectivity index (χ1n) is 7.05. The number of nitrogens with zero attached hydrogens (tertiary/aromatic N) is 4. The molecule has 1 saturated heterocycles. The Labute approximate surface area is 109 Å². The maximum Gasteiger partial charge on any atom is 0.317 e. The molecule has 1 aliphatic heterocycles. The van der Waals surface area contributed by atoms with E-state index in [4.69, 9.17) is 4.42 Å². The second kappa shape index (κ2) is 6.73. The van der Waals surface area contributed by atoms with Crippen LogP contribution in [0.4, 0.5) is 6.01 Å². The summed E-state index contributed by atoms with van der Waals surface area (Å²) in [6.07, 6.45) is 5.79. The van der Waals surface area contributed by atoms with Crippen molar-refractivity contribution in [3.8, 4) is 0 Å². The lowest BCUT2D eigenvalue weighted by atomic mass is 10.3. The first-order valence-corrected chi connectivity index (χ1v) is 7.05. The Bertz CT molecular complexity index is 347. The summed E-state index contributed by atoms with van der Waals surface area (Å²) in [5.41, 5.74) is 0. The smallest absolute Gasteiger partial charge is 0.317 e. The summed E-state index contributed by atoms with van der Waals surface area (Å²) in [5.74, 6) is 0.749. The van der Waals surface area contributed by atoms with Crippen LogP contribution >= 0.6 is 0 Å². The number of aromatic nitrogens is 2. The highest BCUT2D eigenvalue weighted by Gasteiger charge is 2.13. The Morgan fingerprint density at radius 3 is 2.78 bits per heavy atom. The van der Waals surface area contributed by atoms with Crippen molar-refractivity contribution in [2.75, 3.05) is 38.1 Å². The van der Waals surface area contributed by atoms with Crippen molar-refractivity contribution < 1.29 is 4.42 Å². The van der Waals surface area contributed by atoms with E-state index >= 15 is 0 Å². The third kappa shape index (κ3) is 3.70. The van der Waals surface area contributed by atoms with Gasteiger partial charge in [-0.25, -0.2) is 0 Å². The van der Waals surface area contributed by atoms with Crippen molar-refractivity contribution in [3.63, 3.8) is 0 Å². The molecule has 0 bridgehead atoms. The summed E-state index contributed by atoms with van der Waals surface area (Å²) < 4.78 is 5.60. The van der Waals surface area contributed by atoms with Crippen LogP contribution in [0.15, 0.2) is 4.42 Å². The van der Waals surface area contributed by atoms with Crippen LogP contribution in [0.3, 0.4) is 0 Å². The van der Waals surface area contributed by atoms with E-state index in [0.717, 1.165) is 31.7 Å². The number of hydrogen-bond donors (Lipinski definition) is 0. The summed E-state index contributed by atoms with van der Waals surface area (Å²) in [4.78, 5) is 4.59. The fourth-order valence-electron chi connectivity index (χ4n) is 2.35. The monoisotopic (exact) mass is 252 g/mol. The van der Waals surface area contributed by atoms with Gasteiger partial charge in [-0.05, 0) is 45.3 Å². The number of rotatable bonds is 7. The van der Waals surface area contributed by atoms with Gasteiger partial charge in [-0.1, -0.05) is 12.0 Å². The Balaban J connectivity index is 1.70. The predicted molar refractivity (Wildman–Crippen MR) is 71.9 cm³/mol. The highest BCUT2D eigenvalue weighted by atomic mass is 16.4. The quantitative estimate of drug-likeness (QED) is 0.742. The van der Waals surface area contributed by atoms with E-state index in [1.54, 1.807) is 0 Å². The molecule has 0 saturated carbocycles. The Morgan fingerprint density at radius 1 is 1.28 bits per heavy atom. The molecule has 0 aliphatic carbocycles. The molecule has 1 fully saturated rings. The summed E-state index contributed by atoms with van der Waals surface area (Å²) in [6.45, 7) is 6.81. The van der Waals surface area contributed by atoms with Gasteiger partial charge in [-0.15, -0.1) is 5.10 Å². The lowest BCUT2D eigenvalue weighted by molar-refractivity contribution is 0.334. The fraction of sp³-hybridized carbons (Fsp3) is 0.846. The average molecular weight is 252 g/mol. The van der Waals surface area contributed by atoms with Crippen LogP contribution < -0.4 is 4.90 Å². The van der Waals surface area contributed by atoms with E-state index in [1.165, 1.54) is 32.5 Å². The second-order valence-electron chi connectivity index (χ2n) is 5.05. The fourth-order valence-corrected chi connectivity index (χ4v) is 2.35. The highest BCUT2D eigenvalue weighted by molar-refractivity contribution is 5.21. The van der Waals surface area contributed by atoms with E-state index in [1.807, 2.05) is 7.05 Å². The largest absolute Gasteiger partial charge is 0.408 e. The SMILES string of the molecule is CCCc1nnc(N(C)CCCN2CCCC2)o1. The van der Waals surface area contributed by atoms with Crippen LogP contribution in [-0.2, 0) is 6.42 Å². The molecule has 2 rings (SSSR count). The lowest BCUT2D eigenvalue weighted by Crippen LogP contribution is -2.26. The van der Waals surface area contributed by atoms with Gasteiger partial charge in [-0.2, -0.15) is 0 Å². The molecule has 1 aromatic rings. The summed E-state index contributed by atoms with van der Waals surface area (Å²) in [7, 11) is 2.02. The van der Waals surface area contributed by atoms with Gasteiger partial charge in [0.25, 0.3) is 0 Å². The van der Waals surface area contributed by atoms with E-state index in [-0.39, 0.29) is 0 Å². The zero-order chi connectivity index (χ0) is 12.8. The van der Waals surface area contributed by atoms with Gasteiger partial charge in [0.2, 0.25) is 5.89 Å². The first kappa shape index (κ1) is 13.3. The zero-order valence-electron chi connectivity index (χ0n) is 11.6. The summed E-state index contributed by atoms with van der Waals surface area (Å²) in [6, 6.07) is 0.653. The van der Waals surface area contributed by atoms with Gasteiger partial charge in [0.15, 0.2) is 0 Å². The number of aryl methyl sites for hydroxylation is 1. The maximum absolute atomic E-state index is 5.60. The Morgan fingerprint density at radius 2 is 2.06 bits per heavy atom. The number of anilines is 1. The van der Waals surface area contributed by atoms with Crippen LogP contribution in [0.2, 0.25) is 0 Å². The number of likely N-dealkylation sites (tertiary alicyclic amines) is 1. The highest BCUT2D eigenvalue weighted by Crippen LogP contribution is 2.13. The minimum atomic E-state index is 0.653. The van der Waals surface area contributed by atoms with Crippen LogP contribution in [0.25, 0.3) is 0 Å². The second-order valence-corrected chi connectivity index (χ2v) is 5.05. The lowest BCUT2D eigenvalue weighted by Gasteiger charge is -2.17. The van der Waals surface area contributed by atoms with Crippen LogP contribution in [-0.4, -0.2) is 48.3 Å². The molecule has 102 valence electrons. The molecule has 1 aliphatic rings. The molecule has 5 heteroatoms. The third-order valence-corrected chi connectivity index (χ3v) is 3.41. The summed E-state index contributed by atoms with van der Waals surface area (Å²) >= 11 is 0. The Kier molecular flexibility index (Phi) is 4.99. The van der Waals surface area contributed by atoms with Crippen molar-refractivity contribution in [3.05, 3.63) is 5.89 Å². The zero-order valence-corrected chi connectivity index (χ0v) is 11.6. The summed E-state index contributed by atoms with van der Waals surface area (Å²) in [5, 5.41) is 8.12. The van der Waals surface area contributed by atoms with E-state index in [0.29, 0.717) is 6.01 Å². The van der Waals surface area contributed by atoms with Gasteiger partial charge >= 0.3 is 6.01 Å². The van der Waals surface area contributed by atoms with Crippen LogP contribution in [0.5, 0.6) is 0 Å². The molecule has 0 N–H and O–H groups in total. The maximum atomic E-state index is 5.60. The van der Waals surface area contributed by atoms with Gasteiger partial charge in [0.1, 0.15) is 0 Å². The van der Waals surface area contributed by atoms with E-state index in [2.05, 4.69) is 26.9 Å². The van der Waals surface area contributed by atoms with Crippen molar-refractivity contribution >= 4 is 6.01 Å². The first-order chi connectivity index (χ1) is 8.79. The van der Waals surface area contributed by atoms with Gasteiger partial charge in [0, 0.05) is 20.0 Å². The minimum absolute atomic E-state index is 0.653. The van der Waals surface area contributed by atoms with E-state index < -0.39 is 0 Å². The molecule has 0 radical (unpaired) electrons. The van der Waals surface area contributed by atoms with E-state index in [9.17, 15) is 0 Å². The van der Waals surface area contributed by atoms with Crippen LogP contribution in [0.1, 0.15) is 38.5 Å². The molecular weight excluding hydrogens is 228 g/mol. The number of hydrogen-bond acceptors (Lipinski definition) is 5. The standard InChI is InChI=1S/C13H24N4O/c1-3-7-12-14-15-13(18-12)16(2)8-6-11-17-9-4-5-10-17/h3-11H2,1-2H3. The normalized spacial score (nSPS) is 16.3. The molecule has 0 spiro atoms. The topological polar surface area (TPSA) is 45.4 Å². The average Bonchev–Trinajstić information content (AvgIpc) is 3.00. The molecule has 1 aromatic heterocycles. The molecule has 0 aromatic carbocycles. The van der Waals surface area contributed by atoms with Crippen molar-refractivity contribution in [1.82, 2.24) is 15.1 Å². The van der Waals surface area contributed by atoms with Gasteiger partial charge < -0.3 is 14.2 Å². The molecule has 0 amide bonds. The molecule has 18 heavy (non-hydrogen) atoms. The van der Waals surface area contributed by atoms with Crippen LogP contribution in [0, 0.1) is 0 Å². The van der Waals surface area contributed by atoms with Crippen molar-refractivity contribution in [2.24, 2.45) is 0 Å². The molecule has 5 nitrogen and oxygen atoms in total. The molecule has 2 heterocycles. The molecule has 0 unspecified atom stereocenters. The third-order valence-electron chi connectivity index (χ3n) is 3.41. The molecular formula is C13H24N4O. The van der Waals surface area contributed by atoms with Gasteiger partial charge in [0.05, 0.1) is 0 Å². The molecule has 0 atom stereocenters. The van der Waals surface area contributed by atoms with Crippen molar-refractivity contribution in [2.45, 2.75) is 39.0 Å². The Hall–Kier alpha value is -1.10. The van der Waals surface area contributed by atoms with Gasteiger partial charge in [-0.3, -0.25) is 0 Å². The predicted octanol–water partition coefficient (Wildman–Crippen LogP) is 1.94.